The number of rotatable bonds is 4. The minimum absolute atomic E-state index is 0.445. The second-order valence-corrected chi connectivity index (χ2v) is 5.74. The Bertz CT molecular complexity index is 274. The molecule has 0 atom stereocenters. The maximum atomic E-state index is 2.58. The largest absolute Gasteiger partial charge is 0.0844 e. The van der Waals surface area contributed by atoms with Crippen LogP contribution in [0.5, 0.6) is 0 Å². The first-order valence-electron chi connectivity index (χ1n) is 7.72. The van der Waals surface area contributed by atoms with Gasteiger partial charge in [-0.15, -0.1) is 0 Å². The third-order valence-corrected chi connectivity index (χ3v) is 5.02. The molecule has 0 aliphatic heterocycles. The van der Waals surface area contributed by atoms with Crippen LogP contribution < -0.4 is 0 Å². The third-order valence-electron chi connectivity index (χ3n) is 5.02. The standard InChI is InChI=1S/C17H28/c1-3-17(4-2,15-11-7-5-8-12-15)16-13-9-6-10-14-16/h11,13H,3-10,12,14H2,1-2H3. The predicted molar refractivity (Wildman–Crippen MR) is 76.1 cm³/mol. The van der Waals surface area contributed by atoms with Gasteiger partial charge in [0.15, 0.2) is 0 Å². The summed E-state index contributed by atoms with van der Waals surface area (Å²) in [6.07, 6.45) is 18.8. The Labute approximate surface area is 107 Å². The molecule has 96 valence electrons. The summed E-state index contributed by atoms with van der Waals surface area (Å²) in [4.78, 5) is 0. The topological polar surface area (TPSA) is 0 Å². The molecule has 0 heterocycles. The van der Waals surface area contributed by atoms with Crippen LogP contribution >= 0.6 is 0 Å². The third kappa shape index (κ3) is 2.51. The zero-order chi connectivity index (χ0) is 12.1. The molecule has 2 aliphatic carbocycles. The zero-order valence-corrected chi connectivity index (χ0v) is 11.7. The highest BCUT2D eigenvalue weighted by Gasteiger charge is 2.34. The van der Waals surface area contributed by atoms with Gasteiger partial charge in [-0.3, -0.25) is 0 Å². The van der Waals surface area contributed by atoms with Gasteiger partial charge in [-0.2, -0.15) is 0 Å². The number of hydrogen-bond acceptors (Lipinski definition) is 0. The van der Waals surface area contributed by atoms with Crippen molar-refractivity contribution in [3.63, 3.8) is 0 Å². The first kappa shape index (κ1) is 12.9. The van der Waals surface area contributed by atoms with Gasteiger partial charge in [0.1, 0.15) is 0 Å². The molecule has 0 spiro atoms. The lowest BCUT2D eigenvalue weighted by Gasteiger charge is -2.40. The average Bonchev–Trinajstić information content (AvgIpc) is 2.43. The van der Waals surface area contributed by atoms with Crippen LogP contribution in [0.2, 0.25) is 0 Å². The molecule has 0 N–H and O–H groups in total. The van der Waals surface area contributed by atoms with Gasteiger partial charge in [-0.25, -0.2) is 0 Å². The van der Waals surface area contributed by atoms with Crippen molar-refractivity contribution in [2.24, 2.45) is 5.41 Å². The molecule has 0 aromatic rings. The summed E-state index contributed by atoms with van der Waals surface area (Å²) < 4.78 is 0. The minimum atomic E-state index is 0.445. The minimum Gasteiger partial charge on any atom is -0.0844 e. The van der Waals surface area contributed by atoms with Gasteiger partial charge in [-0.1, -0.05) is 37.1 Å². The fraction of sp³-hybridized carbons (Fsp3) is 0.765. The van der Waals surface area contributed by atoms with Crippen LogP contribution in [-0.2, 0) is 0 Å². The van der Waals surface area contributed by atoms with Gasteiger partial charge in [0, 0.05) is 5.41 Å². The van der Waals surface area contributed by atoms with Crippen LogP contribution in [0.25, 0.3) is 0 Å². The van der Waals surface area contributed by atoms with Crippen molar-refractivity contribution >= 4 is 0 Å². The van der Waals surface area contributed by atoms with Crippen molar-refractivity contribution in [1.29, 1.82) is 0 Å². The van der Waals surface area contributed by atoms with Gasteiger partial charge < -0.3 is 0 Å². The van der Waals surface area contributed by atoms with Gasteiger partial charge >= 0.3 is 0 Å². The molecule has 2 rings (SSSR count). The van der Waals surface area contributed by atoms with Crippen molar-refractivity contribution < 1.29 is 0 Å². The van der Waals surface area contributed by atoms with Crippen molar-refractivity contribution in [1.82, 2.24) is 0 Å². The molecule has 0 aromatic carbocycles. The predicted octanol–water partition coefficient (Wildman–Crippen LogP) is 5.79. The second-order valence-electron chi connectivity index (χ2n) is 5.74. The molecule has 0 heteroatoms. The average molecular weight is 232 g/mol. The summed E-state index contributed by atoms with van der Waals surface area (Å²) in [5.41, 5.74) is 4.00. The van der Waals surface area contributed by atoms with E-state index >= 15 is 0 Å². The van der Waals surface area contributed by atoms with E-state index in [1.807, 2.05) is 0 Å². The maximum Gasteiger partial charge on any atom is 0.0115 e. The van der Waals surface area contributed by atoms with E-state index in [4.69, 9.17) is 0 Å². The Morgan fingerprint density at radius 2 is 1.29 bits per heavy atom. The van der Waals surface area contributed by atoms with Crippen LogP contribution in [0.4, 0.5) is 0 Å². The van der Waals surface area contributed by atoms with Gasteiger partial charge in [-0.05, 0) is 64.2 Å². The molecule has 0 radical (unpaired) electrons. The summed E-state index contributed by atoms with van der Waals surface area (Å²) in [5.74, 6) is 0. The molecule has 2 aliphatic rings. The first-order chi connectivity index (χ1) is 8.33. The van der Waals surface area contributed by atoms with Crippen LogP contribution in [0, 0.1) is 5.41 Å². The van der Waals surface area contributed by atoms with Crippen LogP contribution in [0.1, 0.15) is 78.1 Å². The highest BCUT2D eigenvalue weighted by Crippen LogP contribution is 2.48. The molecule has 0 bridgehead atoms. The monoisotopic (exact) mass is 232 g/mol. The summed E-state index contributed by atoms with van der Waals surface area (Å²) >= 11 is 0. The van der Waals surface area contributed by atoms with E-state index in [-0.39, 0.29) is 0 Å². The number of allylic oxidation sites excluding steroid dienone is 4. The molecule has 0 nitrogen and oxygen atoms in total. The van der Waals surface area contributed by atoms with Crippen LogP contribution in [-0.4, -0.2) is 0 Å². The van der Waals surface area contributed by atoms with E-state index in [0.717, 1.165) is 0 Å². The Kier molecular flexibility index (Phi) is 4.48. The van der Waals surface area contributed by atoms with E-state index in [0.29, 0.717) is 5.41 Å². The van der Waals surface area contributed by atoms with Gasteiger partial charge in [0.05, 0.1) is 0 Å². The fourth-order valence-electron chi connectivity index (χ4n) is 3.91. The molecule has 0 amide bonds. The van der Waals surface area contributed by atoms with Crippen molar-refractivity contribution in [3.05, 3.63) is 23.3 Å². The molecule has 0 fully saturated rings. The van der Waals surface area contributed by atoms with Crippen LogP contribution in [0.3, 0.4) is 0 Å². The lowest BCUT2D eigenvalue weighted by atomic mass is 9.65. The fourth-order valence-corrected chi connectivity index (χ4v) is 3.91. The molecule has 17 heavy (non-hydrogen) atoms. The summed E-state index contributed by atoms with van der Waals surface area (Å²) in [5, 5.41) is 0. The Morgan fingerprint density at radius 1 is 0.824 bits per heavy atom. The van der Waals surface area contributed by atoms with Crippen LogP contribution in [0.15, 0.2) is 23.3 Å². The summed E-state index contributed by atoms with van der Waals surface area (Å²) in [6, 6.07) is 0. The van der Waals surface area contributed by atoms with E-state index in [2.05, 4.69) is 26.0 Å². The molecule has 0 saturated carbocycles. The van der Waals surface area contributed by atoms with E-state index in [9.17, 15) is 0 Å². The first-order valence-corrected chi connectivity index (χ1v) is 7.72. The SMILES string of the molecule is CCC(CC)(C1=CCCCC1)C1=CCCCC1. The Hall–Kier alpha value is -0.520. The van der Waals surface area contributed by atoms with Gasteiger partial charge in [0.25, 0.3) is 0 Å². The van der Waals surface area contributed by atoms with E-state index < -0.39 is 0 Å². The maximum absolute atomic E-state index is 2.58. The molecule has 0 aromatic heterocycles. The second kappa shape index (κ2) is 5.89. The van der Waals surface area contributed by atoms with E-state index in [1.165, 1.54) is 64.2 Å². The summed E-state index contributed by atoms with van der Waals surface area (Å²) in [7, 11) is 0. The normalized spacial score (nSPS) is 22.0. The quantitative estimate of drug-likeness (QED) is 0.538. The lowest BCUT2D eigenvalue weighted by Crippen LogP contribution is -2.26. The highest BCUT2D eigenvalue weighted by molar-refractivity contribution is 5.31. The van der Waals surface area contributed by atoms with Crippen molar-refractivity contribution in [3.8, 4) is 0 Å². The van der Waals surface area contributed by atoms with Crippen molar-refractivity contribution in [2.45, 2.75) is 78.1 Å². The molecule has 0 saturated heterocycles. The highest BCUT2D eigenvalue weighted by atomic mass is 14.4. The Balaban J connectivity index is 2.30. The van der Waals surface area contributed by atoms with Crippen molar-refractivity contribution in [2.75, 3.05) is 0 Å². The van der Waals surface area contributed by atoms with Gasteiger partial charge in [0.2, 0.25) is 0 Å². The van der Waals surface area contributed by atoms with E-state index in [1.54, 1.807) is 11.1 Å². The molecule has 0 unspecified atom stereocenters. The zero-order valence-electron chi connectivity index (χ0n) is 11.7. The Morgan fingerprint density at radius 3 is 1.59 bits per heavy atom. The molecular weight excluding hydrogens is 204 g/mol. The summed E-state index contributed by atoms with van der Waals surface area (Å²) in [6.45, 7) is 4.79. The number of hydrogen-bond donors (Lipinski definition) is 0. The smallest absolute Gasteiger partial charge is 0.0115 e. The lowest BCUT2D eigenvalue weighted by molar-refractivity contribution is 0.352. The molecular formula is C17H28.